The largest absolute Gasteiger partial charge is 0.467 e. The molecular weight excluding hydrogens is 290 g/mol. The highest BCUT2D eigenvalue weighted by atomic mass is 16.3. The van der Waals surface area contributed by atoms with Gasteiger partial charge < -0.3 is 14.6 Å². The SMILES string of the molecule is CCC1CCCCN1C(=O)c1ccc(NCc2ccco2)cn1. The molecule has 0 radical (unpaired) electrons. The number of pyridine rings is 1. The fourth-order valence-corrected chi connectivity index (χ4v) is 3.07. The maximum atomic E-state index is 12.7. The van der Waals surface area contributed by atoms with E-state index in [1.807, 2.05) is 23.1 Å². The van der Waals surface area contributed by atoms with Gasteiger partial charge in [-0.25, -0.2) is 4.98 Å². The van der Waals surface area contributed by atoms with Crippen LogP contribution in [0.2, 0.25) is 0 Å². The van der Waals surface area contributed by atoms with Crippen LogP contribution in [-0.4, -0.2) is 28.4 Å². The summed E-state index contributed by atoms with van der Waals surface area (Å²) in [6.07, 6.45) is 7.77. The normalized spacial score (nSPS) is 18.0. The molecule has 1 unspecified atom stereocenters. The van der Waals surface area contributed by atoms with Gasteiger partial charge in [-0.2, -0.15) is 0 Å². The van der Waals surface area contributed by atoms with Gasteiger partial charge in [-0.05, 0) is 49.9 Å². The number of amides is 1. The van der Waals surface area contributed by atoms with Crippen molar-refractivity contribution in [2.75, 3.05) is 11.9 Å². The maximum Gasteiger partial charge on any atom is 0.272 e. The lowest BCUT2D eigenvalue weighted by atomic mass is 9.99. The number of carbonyl (C=O) groups excluding carboxylic acids is 1. The van der Waals surface area contributed by atoms with E-state index in [0.717, 1.165) is 37.3 Å². The van der Waals surface area contributed by atoms with Gasteiger partial charge in [0.05, 0.1) is 24.7 Å². The summed E-state index contributed by atoms with van der Waals surface area (Å²) >= 11 is 0. The van der Waals surface area contributed by atoms with Gasteiger partial charge in [0.15, 0.2) is 0 Å². The average molecular weight is 313 g/mol. The van der Waals surface area contributed by atoms with Crippen LogP contribution in [0.5, 0.6) is 0 Å². The zero-order valence-corrected chi connectivity index (χ0v) is 13.5. The van der Waals surface area contributed by atoms with Crippen LogP contribution >= 0.6 is 0 Å². The summed E-state index contributed by atoms with van der Waals surface area (Å²) < 4.78 is 5.28. The quantitative estimate of drug-likeness (QED) is 0.914. The standard InChI is InChI=1S/C18H23N3O2/c1-2-15-6-3-4-10-21(15)18(22)17-9-8-14(12-20-17)19-13-16-7-5-11-23-16/h5,7-9,11-12,15,19H,2-4,6,10,13H2,1H3. The highest BCUT2D eigenvalue weighted by Crippen LogP contribution is 2.21. The van der Waals surface area contributed by atoms with E-state index in [0.29, 0.717) is 18.3 Å². The number of piperidine rings is 1. The Morgan fingerprint density at radius 3 is 3.00 bits per heavy atom. The van der Waals surface area contributed by atoms with Crippen molar-refractivity contribution in [1.82, 2.24) is 9.88 Å². The molecule has 23 heavy (non-hydrogen) atoms. The number of hydrogen-bond acceptors (Lipinski definition) is 4. The Kier molecular flexibility index (Phi) is 4.95. The van der Waals surface area contributed by atoms with Crippen LogP contribution in [-0.2, 0) is 6.54 Å². The van der Waals surface area contributed by atoms with Crippen LogP contribution in [0, 0.1) is 0 Å². The van der Waals surface area contributed by atoms with Crippen LogP contribution in [0.4, 0.5) is 5.69 Å². The van der Waals surface area contributed by atoms with Gasteiger partial charge in [-0.15, -0.1) is 0 Å². The monoisotopic (exact) mass is 313 g/mol. The summed E-state index contributed by atoms with van der Waals surface area (Å²) in [4.78, 5) is 19.0. The summed E-state index contributed by atoms with van der Waals surface area (Å²) in [7, 11) is 0. The summed E-state index contributed by atoms with van der Waals surface area (Å²) in [5.41, 5.74) is 1.40. The molecule has 0 bridgehead atoms. The average Bonchev–Trinajstić information content (AvgIpc) is 3.13. The molecular formula is C18H23N3O2. The second kappa shape index (κ2) is 7.31. The molecule has 5 nitrogen and oxygen atoms in total. The molecule has 0 spiro atoms. The first-order valence-corrected chi connectivity index (χ1v) is 8.31. The number of carbonyl (C=O) groups is 1. The van der Waals surface area contributed by atoms with E-state index in [1.165, 1.54) is 6.42 Å². The number of nitrogens with zero attached hydrogens (tertiary/aromatic N) is 2. The van der Waals surface area contributed by atoms with Gasteiger partial charge in [-0.3, -0.25) is 4.79 Å². The molecule has 1 aliphatic heterocycles. The summed E-state index contributed by atoms with van der Waals surface area (Å²) in [6, 6.07) is 7.83. The number of hydrogen-bond donors (Lipinski definition) is 1. The highest BCUT2D eigenvalue weighted by Gasteiger charge is 2.26. The number of anilines is 1. The van der Waals surface area contributed by atoms with Crippen LogP contribution < -0.4 is 5.32 Å². The van der Waals surface area contributed by atoms with Crippen LogP contribution in [0.3, 0.4) is 0 Å². The van der Waals surface area contributed by atoms with Crippen molar-refractivity contribution >= 4 is 11.6 Å². The summed E-state index contributed by atoms with van der Waals surface area (Å²) in [5.74, 6) is 0.915. The Morgan fingerprint density at radius 2 is 2.30 bits per heavy atom. The zero-order chi connectivity index (χ0) is 16.1. The molecule has 122 valence electrons. The van der Waals surface area contributed by atoms with Gasteiger partial charge >= 0.3 is 0 Å². The molecule has 1 amide bonds. The lowest BCUT2D eigenvalue weighted by Gasteiger charge is -2.35. The van der Waals surface area contributed by atoms with Crippen molar-refractivity contribution in [3.05, 3.63) is 48.2 Å². The summed E-state index contributed by atoms with van der Waals surface area (Å²) in [6.45, 7) is 3.59. The van der Waals surface area contributed by atoms with E-state index < -0.39 is 0 Å². The smallest absolute Gasteiger partial charge is 0.272 e. The minimum absolute atomic E-state index is 0.0501. The second-order valence-electron chi connectivity index (χ2n) is 5.92. The highest BCUT2D eigenvalue weighted by molar-refractivity contribution is 5.92. The molecule has 1 saturated heterocycles. The van der Waals surface area contributed by atoms with Gasteiger partial charge in [0.1, 0.15) is 11.5 Å². The lowest BCUT2D eigenvalue weighted by molar-refractivity contribution is 0.0602. The van der Waals surface area contributed by atoms with E-state index in [4.69, 9.17) is 4.42 Å². The third kappa shape index (κ3) is 3.73. The van der Waals surface area contributed by atoms with E-state index in [-0.39, 0.29) is 5.91 Å². The molecule has 2 aromatic heterocycles. The maximum absolute atomic E-state index is 12.7. The number of nitrogens with one attached hydrogen (secondary N) is 1. The molecule has 0 aliphatic carbocycles. The van der Waals surface area contributed by atoms with Crippen LogP contribution in [0.15, 0.2) is 41.1 Å². The molecule has 0 saturated carbocycles. The fraction of sp³-hybridized carbons (Fsp3) is 0.444. The fourth-order valence-electron chi connectivity index (χ4n) is 3.07. The van der Waals surface area contributed by atoms with Crippen LogP contribution in [0.25, 0.3) is 0 Å². The minimum atomic E-state index is 0.0501. The number of furan rings is 1. The molecule has 1 fully saturated rings. The van der Waals surface area contributed by atoms with Gasteiger partial charge in [0.2, 0.25) is 0 Å². The third-order valence-electron chi connectivity index (χ3n) is 4.39. The third-order valence-corrected chi connectivity index (χ3v) is 4.39. The molecule has 5 heteroatoms. The van der Waals surface area contributed by atoms with Crippen molar-refractivity contribution in [3.8, 4) is 0 Å². The first-order valence-electron chi connectivity index (χ1n) is 8.31. The molecule has 1 N–H and O–H groups in total. The Hall–Kier alpha value is -2.30. The minimum Gasteiger partial charge on any atom is -0.467 e. The molecule has 2 aromatic rings. The van der Waals surface area contributed by atoms with Gasteiger partial charge in [-0.1, -0.05) is 6.92 Å². The number of aromatic nitrogens is 1. The first kappa shape index (κ1) is 15.6. The van der Waals surface area contributed by atoms with Crippen LogP contribution in [0.1, 0.15) is 48.9 Å². The molecule has 3 heterocycles. The van der Waals surface area contributed by atoms with Gasteiger partial charge in [0, 0.05) is 12.6 Å². The Balaban J connectivity index is 1.62. The van der Waals surface area contributed by atoms with E-state index in [1.54, 1.807) is 18.5 Å². The zero-order valence-electron chi connectivity index (χ0n) is 13.5. The van der Waals surface area contributed by atoms with Crippen molar-refractivity contribution in [2.45, 2.75) is 45.2 Å². The Bertz CT molecular complexity index is 622. The molecule has 3 rings (SSSR count). The van der Waals surface area contributed by atoms with Crippen molar-refractivity contribution < 1.29 is 9.21 Å². The second-order valence-corrected chi connectivity index (χ2v) is 5.92. The summed E-state index contributed by atoms with van der Waals surface area (Å²) in [5, 5.41) is 3.23. The Morgan fingerprint density at radius 1 is 1.39 bits per heavy atom. The number of rotatable bonds is 5. The molecule has 0 aromatic carbocycles. The Labute approximate surface area is 136 Å². The van der Waals surface area contributed by atoms with Gasteiger partial charge in [0.25, 0.3) is 5.91 Å². The number of likely N-dealkylation sites (tertiary alicyclic amines) is 1. The molecule has 1 atom stereocenters. The van der Waals surface area contributed by atoms with E-state index in [9.17, 15) is 4.79 Å². The predicted octanol–water partition coefficient (Wildman–Crippen LogP) is 3.69. The topological polar surface area (TPSA) is 58.4 Å². The van der Waals surface area contributed by atoms with E-state index >= 15 is 0 Å². The van der Waals surface area contributed by atoms with Crippen molar-refractivity contribution in [1.29, 1.82) is 0 Å². The predicted molar refractivity (Wildman–Crippen MR) is 89.2 cm³/mol. The lowest BCUT2D eigenvalue weighted by Crippen LogP contribution is -2.43. The van der Waals surface area contributed by atoms with Crippen molar-refractivity contribution in [2.24, 2.45) is 0 Å². The van der Waals surface area contributed by atoms with Crippen molar-refractivity contribution in [3.63, 3.8) is 0 Å². The van der Waals surface area contributed by atoms with E-state index in [2.05, 4.69) is 17.2 Å². The first-order chi connectivity index (χ1) is 11.3. The molecule has 1 aliphatic rings.